The first kappa shape index (κ1) is 13.2. The van der Waals surface area contributed by atoms with Crippen LogP contribution in [0.15, 0.2) is 24.3 Å². The van der Waals surface area contributed by atoms with Crippen LogP contribution in [0.1, 0.15) is 25.8 Å². The quantitative estimate of drug-likeness (QED) is 0.827. The van der Waals surface area contributed by atoms with Crippen molar-refractivity contribution in [2.45, 2.75) is 32.7 Å². The smallest absolute Gasteiger partial charge is 0.149 e. The third-order valence-electron chi connectivity index (χ3n) is 2.52. The van der Waals surface area contributed by atoms with Crippen LogP contribution >= 0.6 is 11.6 Å². The lowest BCUT2D eigenvalue weighted by molar-refractivity contribution is -0.120. The lowest BCUT2D eigenvalue weighted by atomic mass is 10.0. The normalized spacial score (nSPS) is 12.4. The highest BCUT2D eigenvalue weighted by molar-refractivity contribution is 6.30. The van der Waals surface area contributed by atoms with Crippen LogP contribution in [-0.4, -0.2) is 18.4 Å². The minimum Gasteiger partial charge on any atom is -0.307 e. The number of Topliss-reactive ketones (excluding diaryl/α,β-unsaturated/α-hetero) is 1. The molecule has 1 rings (SSSR count). The number of nitrogens with one attached hydrogen (secondary N) is 1. The molecule has 0 saturated carbocycles. The van der Waals surface area contributed by atoms with Crippen molar-refractivity contribution in [2.24, 2.45) is 0 Å². The summed E-state index contributed by atoms with van der Waals surface area (Å²) in [5.74, 6) is 0.252. The van der Waals surface area contributed by atoms with Gasteiger partial charge in [0.1, 0.15) is 5.78 Å². The van der Waals surface area contributed by atoms with Crippen LogP contribution in [0.4, 0.5) is 0 Å². The summed E-state index contributed by atoms with van der Waals surface area (Å²) in [6, 6.07) is 7.58. The van der Waals surface area contributed by atoms with Gasteiger partial charge in [0.25, 0.3) is 0 Å². The average Bonchev–Trinajstić information content (AvgIpc) is 2.27. The van der Waals surface area contributed by atoms with E-state index < -0.39 is 0 Å². The molecule has 0 aromatic heterocycles. The van der Waals surface area contributed by atoms with Gasteiger partial charge in [-0.3, -0.25) is 4.79 Å². The molecule has 0 saturated heterocycles. The molecule has 0 unspecified atom stereocenters. The molecule has 88 valence electrons. The molecule has 0 bridgehead atoms. The summed E-state index contributed by atoms with van der Waals surface area (Å²) in [5, 5.41) is 3.93. The van der Waals surface area contributed by atoms with E-state index in [1.54, 1.807) is 0 Å². The number of benzene rings is 1. The van der Waals surface area contributed by atoms with Crippen molar-refractivity contribution < 1.29 is 4.79 Å². The number of hydrogen-bond donors (Lipinski definition) is 1. The Morgan fingerprint density at radius 3 is 2.75 bits per heavy atom. The fraction of sp³-hybridized carbons (Fsp3) is 0.462. The van der Waals surface area contributed by atoms with E-state index in [2.05, 4.69) is 5.32 Å². The zero-order chi connectivity index (χ0) is 12.0. The second kappa shape index (κ2) is 6.66. The van der Waals surface area contributed by atoms with Crippen molar-refractivity contribution in [3.8, 4) is 0 Å². The third kappa shape index (κ3) is 3.95. The molecule has 0 amide bonds. The van der Waals surface area contributed by atoms with Crippen molar-refractivity contribution >= 4 is 17.4 Å². The van der Waals surface area contributed by atoms with Crippen LogP contribution in [0.2, 0.25) is 5.02 Å². The Hall–Kier alpha value is -0.860. The van der Waals surface area contributed by atoms with Crippen LogP contribution in [0, 0.1) is 0 Å². The Morgan fingerprint density at radius 2 is 2.19 bits per heavy atom. The maximum absolute atomic E-state index is 11.7. The molecule has 0 radical (unpaired) electrons. The molecule has 0 aliphatic carbocycles. The monoisotopic (exact) mass is 239 g/mol. The van der Waals surface area contributed by atoms with Gasteiger partial charge in [0.2, 0.25) is 0 Å². The topological polar surface area (TPSA) is 29.1 Å². The molecule has 0 aliphatic rings. The van der Waals surface area contributed by atoms with Gasteiger partial charge in [-0.2, -0.15) is 0 Å². The summed E-state index contributed by atoms with van der Waals surface area (Å²) in [7, 11) is 0. The molecule has 1 aromatic rings. The lowest BCUT2D eigenvalue weighted by Gasteiger charge is -2.16. The first-order valence-corrected chi connectivity index (χ1v) is 6.05. The van der Waals surface area contributed by atoms with E-state index in [1.165, 1.54) is 0 Å². The van der Waals surface area contributed by atoms with E-state index in [0.717, 1.165) is 17.1 Å². The Morgan fingerprint density at radius 1 is 1.44 bits per heavy atom. The molecular formula is C13H18ClNO. The fourth-order valence-corrected chi connectivity index (χ4v) is 1.91. The highest BCUT2D eigenvalue weighted by atomic mass is 35.5. The average molecular weight is 240 g/mol. The molecule has 0 fully saturated rings. The number of carbonyl (C=O) groups is 1. The summed E-state index contributed by atoms with van der Waals surface area (Å²) in [6.07, 6.45) is 1.28. The summed E-state index contributed by atoms with van der Waals surface area (Å²) in [6.45, 7) is 4.70. The molecule has 0 heterocycles. The molecule has 1 N–H and O–H groups in total. The van der Waals surface area contributed by atoms with Crippen LogP contribution in [0.5, 0.6) is 0 Å². The third-order valence-corrected chi connectivity index (χ3v) is 2.75. The van der Waals surface area contributed by atoms with Gasteiger partial charge in [-0.25, -0.2) is 0 Å². The predicted molar refractivity (Wildman–Crippen MR) is 67.9 cm³/mol. The zero-order valence-corrected chi connectivity index (χ0v) is 10.6. The molecule has 3 heteroatoms. The Bertz CT molecular complexity index is 352. The standard InChI is InChI=1S/C13H18ClNO/c1-3-13(16)12(15-4-2)9-10-6-5-7-11(14)8-10/h5-8,12,15H,3-4,9H2,1-2H3/t12-/m1/s1. The number of ketones is 1. The van der Waals surface area contributed by atoms with E-state index >= 15 is 0 Å². The summed E-state index contributed by atoms with van der Waals surface area (Å²) < 4.78 is 0. The Labute approximate surface area is 102 Å². The van der Waals surface area contributed by atoms with Gasteiger partial charge in [0.05, 0.1) is 6.04 Å². The first-order chi connectivity index (χ1) is 7.67. The van der Waals surface area contributed by atoms with Crippen molar-refractivity contribution in [1.82, 2.24) is 5.32 Å². The van der Waals surface area contributed by atoms with Gasteiger partial charge < -0.3 is 5.32 Å². The minimum absolute atomic E-state index is 0.0894. The molecule has 0 aliphatic heterocycles. The highest BCUT2D eigenvalue weighted by Gasteiger charge is 2.15. The maximum atomic E-state index is 11.7. The molecule has 1 atom stereocenters. The van der Waals surface area contributed by atoms with E-state index in [4.69, 9.17) is 11.6 Å². The summed E-state index contributed by atoms with van der Waals surface area (Å²) in [4.78, 5) is 11.7. The van der Waals surface area contributed by atoms with E-state index in [0.29, 0.717) is 12.8 Å². The van der Waals surface area contributed by atoms with Gasteiger partial charge in [0.15, 0.2) is 0 Å². The molecule has 0 spiro atoms. The predicted octanol–water partition coefficient (Wildman–Crippen LogP) is 2.84. The summed E-state index contributed by atoms with van der Waals surface area (Å²) in [5.41, 5.74) is 1.10. The number of carbonyl (C=O) groups excluding carboxylic acids is 1. The first-order valence-electron chi connectivity index (χ1n) is 5.67. The zero-order valence-electron chi connectivity index (χ0n) is 9.79. The SMILES string of the molecule is CCN[C@H](Cc1cccc(Cl)c1)C(=O)CC. The van der Waals surface area contributed by atoms with Crippen LogP contribution in [0.3, 0.4) is 0 Å². The lowest BCUT2D eigenvalue weighted by Crippen LogP contribution is -2.38. The van der Waals surface area contributed by atoms with Crippen molar-refractivity contribution in [3.63, 3.8) is 0 Å². The maximum Gasteiger partial charge on any atom is 0.149 e. The van der Waals surface area contributed by atoms with Crippen LogP contribution < -0.4 is 5.32 Å². The van der Waals surface area contributed by atoms with Gasteiger partial charge in [-0.15, -0.1) is 0 Å². The minimum atomic E-state index is -0.0894. The number of halogens is 1. The summed E-state index contributed by atoms with van der Waals surface area (Å²) >= 11 is 5.91. The van der Waals surface area contributed by atoms with Crippen molar-refractivity contribution in [2.75, 3.05) is 6.54 Å². The molecule has 2 nitrogen and oxygen atoms in total. The number of hydrogen-bond acceptors (Lipinski definition) is 2. The van der Waals surface area contributed by atoms with Gasteiger partial charge in [-0.05, 0) is 30.7 Å². The van der Waals surface area contributed by atoms with Gasteiger partial charge in [-0.1, -0.05) is 37.6 Å². The number of likely N-dealkylation sites (N-methyl/N-ethyl adjacent to an activating group) is 1. The second-order valence-electron chi connectivity index (χ2n) is 3.76. The highest BCUT2D eigenvalue weighted by Crippen LogP contribution is 2.13. The fourth-order valence-electron chi connectivity index (χ4n) is 1.69. The van der Waals surface area contributed by atoms with Gasteiger partial charge >= 0.3 is 0 Å². The van der Waals surface area contributed by atoms with Crippen molar-refractivity contribution in [3.05, 3.63) is 34.9 Å². The Kier molecular flexibility index (Phi) is 5.50. The van der Waals surface area contributed by atoms with Crippen LogP contribution in [0.25, 0.3) is 0 Å². The van der Waals surface area contributed by atoms with Crippen LogP contribution in [-0.2, 0) is 11.2 Å². The van der Waals surface area contributed by atoms with Gasteiger partial charge in [0, 0.05) is 11.4 Å². The van der Waals surface area contributed by atoms with E-state index in [1.807, 2.05) is 38.1 Å². The van der Waals surface area contributed by atoms with Crippen molar-refractivity contribution in [1.29, 1.82) is 0 Å². The Balaban J connectivity index is 2.71. The number of rotatable bonds is 6. The largest absolute Gasteiger partial charge is 0.307 e. The molecule has 16 heavy (non-hydrogen) atoms. The molecule has 1 aromatic carbocycles. The molecular weight excluding hydrogens is 222 g/mol. The van der Waals surface area contributed by atoms with E-state index in [-0.39, 0.29) is 11.8 Å². The van der Waals surface area contributed by atoms with E-state index in [9.17, 15) is 4.79 Å². The second-order valence-corrected chi connectivity index (χ2v) is 4.20.